The van der Waals surface area contributed by atoms with Crippen molar-refractivity contribution < 1.29 is 0 Å². The largest absolute Gasteiger partial charge is 0.370 e. The van der Waals surface area contributed by atoms with Gasteiger partial charge in [-0.3, -0.25) is 0 Å². The first-order valence-electron chi connectivity index (χ1n) is 7.68. The number of hydrogen-bond acceptors (Lipinski definition) is 2. The Hall–Kier alpha value is -2.32. The molecule has 0 bridgehead atoms. The van der Waals surface area contributed by atoms with Crippen LogP contribution in [-0.2, 0) is 0 Å². The fourth-order valence-electron chi connectivity index (χ4n) is 2.71. The van der Waals surface area contributed by atoms with Gasteiger partial charge >= 0.3 is 0 Å². The number of nitrogens with zero attached hydrogens (tertiary/aromatic N) is 1. The number of nitrogens with one attached hydrogen (secondary N) is 1. The first-order valence-corrected chi connectivity index (χ1v) is 7.68. The monoisotopic (exact) mass is 324 g/mol. The van der Waals surface area contributed by atoms with Gasteiger partial charge in [0.15, 0.2) is 0 Å². The van der Waals surface area contributed by atoms with E-state index in [0.29, 0.717) is 5.92 Å². The lowest BCUT2D eigenvalue weighted by atomic mass is 9.88. The molecule has 1 aromatic heterocycles. The van der Waals surface area contributed by atoms with Crippen molar-refractivity contribution in [1.82, 2.24) is 4.98 Å². The SMILES string of the molecule is Cl.c1ccc(C(CCNc2ccccn2)c2ccccc2)cc1. The summed E-state index contributed by atoms with van der Waals surface area (Å²) in [5.41, 5.74) is 2.72. The molecule has 0 aliphatic carbocycles. The van der Waals surface area contributed by atoms with Gasteiger partial charge in [-0.25, -0.2) is 4.98 Å². The smallest absolute Gasteiger partial charge is 0.125 e. The van der Waals surface area contributed by atoms with Crippen LogP contribution in [0, 0.1) is 0 Å². The summed E-state index contributed by atoms with van der Waals surface area (Å²) in [5.74, 6) is 1.33. The summed E-state index contributed by atoms with van der Waals surface area (Å²) in [5, 5.41) is 3.40. The molecule has 0 radical (unpaired) electrons. The van der Waals surface area contributed by atoms with Crippen LogP contribution >= 0.6 is 12.4 Å². The van der Waals surface area contributed by atoms with Crippen molar-refractivity contribution >= 4 is 18.2 Å². The van der Waals surface area contributed by atoms with Crippen LogP contribution in [0.4, 0.5) is 5.82 Å². The topological polar surface area (TPSA) is 24.9 Å². The van der Waals surface area contributed by atoms with E-state index in [1.54, 1.807) is 0 Å². The molecular weight excluding hydrogens is 304 g/mol. The maximum atomic E-state index is 4.31. The van der Waals surface area contributed by atoms with Crippen LogP contribution in [0.2, 0.25) is 0 Å². The number of aromatic nitrogens is 1. The van der Waals surface area contributed by atoms with Gasteiger partial charge in [0, 0.05) is 18.7 Å². The number of hydrogen-bond donors (Lipinski definition) is 1. The lowest BCUT2D eigenvalue weighted by Gasteiger charge is -2.18. The fraction of sp³-hybridized carbons (Fsp3) is 0.150. The van der Waals surface area contributed by atoms with E-state index in [2.05, 4.69) is 71.0 Å². The highest BCUT2D eigenvalue weighted by molar-refractivity contribution is 5.85. The highest BCUT2D eigenvalue weighted by atomic mass is 35.5. The lowest BCUT2D eigenvalue weighted by molar-refractivity contribution is 0.743. The van der Waals surface area contributed by atoms with Gasteiger partial charge < -0.3 is 5.32 Å². The van der Waals surface area contributed by atoms with E-state index in [9.17, 15) is 0 Å². The van der Waals surface area contributed by atoms with E-state index in [0.717, 1.165) is 18.8 Å². The van der Waals surface area contributed by atoms with E-state index in [1.165, 1.54) is 11.1 Å². The van der Waals surface area contributed by atoms with Crippen LogP contribution < -0.4 is 5.32 Å². The molecule has 0 aliphatic heterocycles. The minimum atomic E-state index is 0. The molecular formula is C20H21ClN2. The second-order valence-electron chi connectivity index (χ2n) is 5.30. The molecule has 0 atom stereocenters. The maximum absolute atomic E-state index is 4.31. The first kappa shape index (κ1) is 17.0. The standard InChI is InChI=1S/C20H20N2.ClH/c1-3-9-17(10-4-1)19(18-11-5-2-6-12-18)14-16-22-20-13-7-8-15-21-20;/h1-13,15,19H,14,16H2,(H,21,22);1H. The molecule has 0 amide bonds. The highest BCUT2D eigenvalue weighted by Gasteiger charge is 2.13. The van der Waals surface area contributed by atoms with E-state index in [-0.39, 0.29) is 12.4 Å². The molecule has 23 heavy (non-hydrogen) atoms. The van der Waals surface area contributed by atoms with Gasteiger partial charge in [0.2, 0.25) is 0 Å². The predicted octanol–water partition coefficient (Wildman–Crippen LogP) is 5.14. The van der Waals surface area contributed by atoms with Crippen LogP contribution in [0.5, 0.6) is 0 Å². The van der Waals surface area contributed by atoms with E-state index >= 15 is 0 Å². The fourth-order valence-corrected chi connectivity index (χ4v) is 2.71. The average Bonchev–Trinajstić information content (AvgIpc) is 2.61. The number of benzene rings is 2. The van der Waals surface area contributed by atoms with Gasteiger partial charge in [0.1, 0.15) is 5.82 Å². The number of anilines is 1. The van der Waals surface area contributed by atoms with Gasteiger partial charge in [-0.1, -0.05) is 66.7 Å². The summed E-state index contributed by atoms with van der Waals surface area (Å²) in [4.78, 5) is 4.31. The molecule has 3 heteroatoms. The molecule has 0 spiro atoms. The van der Waals surface area contributed by atoms with Gasteiger partial charge in [-0.05, 0) is 29.7 Å². The van der Waals surface area contributed by atoms with Crippen LogP contribution in [0.15, 0.2) is 85.1 Å². The number of halogens is 1. The third-order valence-electron chi connectivity index (χ3n) is 3.81. The van der Waals surface area contributed by atoms with Crippen molar-refractivity contribution in [2.75, 3.05) is 11.9 Å². The molecule has 0 aliphatic rings. The normalized spacial score (nSPS) is 10.1. The first-order chi connectivity index (χ1) is 10.9. The Morgan fingerprint density at radius 2 is 1.30 bits per heavy atom. The minimum absolute atomic E-state index is 0. The Bertz CT molecular complexity index is 632. The highest BCUT2D eigenvalue weighted by Crippen LogP contribution is 2.27. The molecule has 3 rings (SSSR count). The number of rotatable bonds is 6. The summed E-state index contributed by atoms with van der Waals surface area (Å²) in [6.07, 6.45) is 2.85. The summed E-state index contributed by atoms with van der Waals surface area (Å²) in [6, 6.07) is 27.3. The molecule has 2 aromatic carbocycles. The molecule has 1 heterocycles. The van der Waals surface area contributed by atoms with Crippen molar-refractivity contribution in [2.45, 2.75) is 12.3 Å². The van der Waals surface area contributed by atoms with Gasteiger partial charge in [0.25, 0.3) is 0 Å². The van der Waals surface area contributed by atoms with Crippen molar-refractivity contribution in [1.29, 1.82) is 0 Å². The average molecular weight is 325 g/mol. The lowest BCUT2D eigenvalue weighted by Crippen LogP contribution is -2.10. The van der Waals surface area contributed by atoms with Gasteiger partial charge in [-0.2, -0.15) is 0 Å². The van der Waals surface area contributed by atoms with Crippen LogP contribution in [-0.4, -0.2) is 11.5 Å². The summed E-state index contributed by atoms with van der Waals surface area (Å²) >= 11 is 0. The zero-order valence-electron chi connectivity index (χ0n) is 12.9. The Kier molecular flexibility index (Phi) is 6.64. The maximum Gasteiger partial charge on any atom is 0.125 e. The van der Waals surface area contributed by atoms with Crippen molar-refractivity contribution in [3.05, 3.63) is 96.2 Å². The quantitative estimate of drug-likeness (QED) is 0.679. The Labute approximate surface area is 144 Å². The summed E-state index contributed by atoms with van der Waals surface area (Å²) < 4.78 is 0. The molecule has 2 nitrogen and oxygen atoms in total. The molecule has 0 unspecified atom stereocenters. The molecule has 3 aromatic rings. The molecule has 118 valence electrons. The van der Waals surface area contributed by atoms with Crippen molar-refractivity contribution in [3.63, 3.8) is 0 Å². The Morgan fingerprint density at radius 3 is 1.83 bits per heavy atom. The van der Waals surface area contributed by atoms with E-state index in [4.69, 9.17) is 0 Å². The van der Waals surface area contributed by atoms with Gasteiger partial charge in [0.05, 0.1) is 0 Å². The number of pyridine rings is 1. The second-order valence-corrected chi connectivity index (χ2v) is 5.30. The van der Waals surface area contributed by atoms with Crippen LogP contribution in [0.25, 0.3) is 0 Å². The van der Waals surface area contributed by atoms with Crippen LogP contribution in [0.3, 0.4) is 0 Å². The van der Waals surface area contributed by atoms with Gasteiger partial charge in [-0.15, -0.1) is 12.4 Å². The second kappa shape index (κ2) is 8.96. The van der Waals surface area contributed by atoms with Crippen molar-refractivity contribution in [2.24, 2.45) is 0 Å². The van der Waals surface area contributed by atoms with E-state index < -0.39 is 0 Å². The zero-order valence-corrected chi connectivity index (χ0v) is 13.7. The Balaban J connectivity index is 0.00000192. The Morgan fingerprint density at radius 1 is 0.739 bits per heavy atom. The van der Waals surface area contributed by atoms with E-state index in [1.807, 2.05) is 24.4 Å². The molecule has 0 fully saturated rings. The van der Waals surface area contributed by atoms with Crippen molar-refractivity contribution in [3.8, 4) is 0 Å². The summed E-state index contributed by atoms with van der Waals surface area (Å²) in [7, 11) is 0. The zero-order chi connectivity index (χ0) is 15.0. The molecule has 0 saturated carbocycles. The third kappa shape index (κ3) is 4.83. The third-order valence-corrected chi connectivity index (χ3v) is 3.81. The predicted molar refractivity (Wildman–Crippen MR) is 99.3 cm³/mol. The molecule has 0 saturated heterocycles. The molecule has 1 N–H and O–H groups in total. The van der Waals surface area contributed by atoms with Crippen LogP contribution in [0.1, 0.15) is 23.5 Å². The summed E-state index contributed by atoms with van der Waals surface area (Å²) in [6.45, 7) is 0.894. The minimum Gasteiger partial charge on any atom is -0.370 e.